The van der Waals surface area contributed by atoms with Crippen LogP contribution in [0.25, 0.3) is 0 Å². The van der Waals surface area contributed by atoms with Crippen LogP contribution in [0.1, 0.15) is 49.1 Å². The first-order valence-corrected chi connectivity index (χ1v) is 11.3. The van der Waals surface area contributed by atoms with Crippen molar-refractivity contribution < 1.29 is 24.2 Å². The Bertz CT molecular complexity index is 1130. The van der Waals surface area contributed by atoms with Crippen LogP contribution in [0.3, 0.4) is 0 Å². The molecular formula is C23H26N4O5S. The second-order valence-electron chi connectivity index (χ2n) is 7.47. The van der Waals surface area contributed by atoms with Gasteiger partial charge in [0, 0.05) is 17.8 Å². The van der Waals surface area contributed by atoms with Gasteiger partial charge in [0.15, 0.2) is 17.1 Å². The highest BCUT2D eigenvalue weighted by molar-refractivity contribution is 7.99. The van der Waals surface area contributed by atoms with Crippen molar-refractivity contribution in [2.75, 3.05) is 18.2 Å². The van der Waals surface area contributed by atoms with E-state index in [9.17, 15) is 9.59 Å². The van der Waals surface area contributed by atoms with E-state index in [1.807, 2.05) is 43.5 Å². The highest BCUT2D eigenvalue weighted by Crippen LogP contribution is 2.29. The molecule has 1 heterocycles. The molecule has 2 N–H and O–H groups in total. The molecule has 9 nitrogen and oxygen atoms in total. The van der Waals surface area contributed by atoms with E-state index in [-0.39, 0.29) is 29.4 Å². The lowest BCUT2D eigenvalue weighted by atomic mass is 10.2. The highest BCUT2D eigenvalue weighted by Gasteiger charge is 2.22. The Labute approximate surface area is 196 Å². The molecule has 0 aliphatic carbocycles. The second-order valence-corrected chi connectivity index (χ2v) is 8.41. The molecule has 174 valence electrons. The standard InChI is InChI=1S/C23H26N4O5S/c1-14(2)27-21(15(3)32-19-10-6-9-18(12-19)31-4)25-26-23(27)33-13-20(28)24-17-8-5-7-16(11-17)22(29)30/h5-12,14-15H,13H2,1-4H3,(H,24,28)(H,29,30). The van der Waals surface area contributed by atoms with Gasteiger partial charge in [-0.3, -0.25) is 4.79 Å². The van der Waals surface area contributed by atoms with E-state index >= 15 is 0 Å². The third-order valence-corrected chi connectivity index (χ3v) is 5.59. The van der Waals surface area contributed by atoms with Gasteiger partial charge in [0.1, 0.15) is 11.5 Å². The summed E-state index contributed by atoms with van der Waals surface area (Å²) in [5.41, 5.74) is 0.529. The van der Waals surface area contributed by atoms with Crippen LogP contribution in [0, 0.1) is 0 Å². The first kappa shape index (κ1) is 24.1. The Hall–Kier alpha value is -3.53. The second kappa shape index (κ2) is 10.9. The minimum absolute atomic E-state index is 0.0455. The maximum absolute atomic E-state index is 12.4. The van der Waals surface area contributed by atoms with Crippen LogP contribution >= 0.6 is 11.8 Å². The first-order valence-electron chi connectivity index (χ1n) is 10.3. The number of amides is 1. The molecule has 0 aliphatic heterocycles. The first-order chi connectivity index (χ1) is 15.8. The van der Waals surface area contributed by atoms with E-state index in [1.165, 1.54) is 23.9 Å². The zero-order chi connectivity index (χ0) is 24.0. The van der Waals surface area contributed by atoms with Crippen LogP contribution in [0.5, 0.6) is 11.5 Å². The molecule has 33 heavy (non-hydrogen) atoms. The molecule has 0 fully saturated rings. The number of benzene rings is 2. The summed E-state index contributed by atoms with van der Waals surface area (Å²) in [6, 6.07) is 13.5. The van der Waals surface area contributed by atoms with Gasteiger partial charge in [0.25, 0.3) is 0 Å². The number of nitrogens with zero attached hydrogens (tertiary/aromatic N) is 3. The molecular weight excluding hydrogens is 444 g/mol. The van der Waals surface area contributed by atoms with Crippen molar-refractivity contribution in [3.8, 4) is 11.5 Å². The summed E-state index contributed by atoms with van der Waals surface area (Å²) >= 11 is 1.25. The number of aromatic nitrogens is 3. The van der Waals surface area contributed by atoms with E-state index in [1.54, 1.807) is 25.3 Å². The van der Waals surface area contributed by atoms with E-state index in [0.717, 1.165) is 0 Å². The Morgan fingerprint density at radius 3 is 2.52 bits per heavy atom. The highest BCUT2D eigenvalue weighted by atomic mass is 32.2. The van der Waals surface area contributed by atoms with Crippen LogP contribution in [0.15, 0.2) is 53.7 Å². The van der Waals surface area contributed by atoms with Gasteiger partial charge >= 0.3 is 5.97 Å². The Morgan fingerprint density at radius 2 is 1.82 bits per heavy atom. The zero-order valence-electron chi connectivity index (χ0n) is 18.8. The van der Waals surface area contributed by atoms with Crippen LogP contribution in [0.4, 0.5) is 5.69 Å². The number of hydrogen-bond donors (Lipinski definition) is 2. The molecule has 3 aromatic rings. The largest absolute Gasteiger partial charge is 0.497 e. The number of rotatable bonds is 10. The molecule has 0 radical (unpaired) electrons. The molecule has 1 unspecified atom stereocenters. The lowest BCUT2D eigenvalue weighted by Crippen LogP contribution is -2.17. The summed E-state index contributed by atoms with van der Waals surface area (Å²) in [6.45, 7) is 5.90. The van der Waals surface area contributed by atoms with E-state index < -0.39 is 5.97 Å². The van der Waals surface area contributed by atoms with Crippen molar-refractivity contribution >= 4 is 29.3 Å². The number of carboxylic acids is 1. The fourth-order valence-corrected chi connectivity index (χ4v) is 4.01. The van der Waals surface area contributed by atoms with Crippen LogP contribution in [-0.4, -0.2) is 44.6 Å². The fourth-order valence-electron chi connectivity index (χ4n) is 3.14. The Morgan fingerprint density at radius 1 is 1.09 bits per heavy atom. The number of aromatic carboxylic acids is 1. The molecule has 10 heteroatoms. The third-order valence-electron chi connectivity index (χ3n) is 4.65. The number of anilines is 1. The number of methoxy groups -OCH3 is 1. The quantitative estimate of drug-likeness (QED) is 0.418. The summed E-state index contributed by atoms with van der Waals surface area (Å²) in [6.07, 6.45) is -0.381. The van der Waals surface area contributed by atoms with E-state index in [2.05, 4.69) is 15.5 Å². The molecule has 1 atom stereocenters. The number of thioether (sulfide) groups is 1. The molecule has 0 bridgehead atoms. The fraction of sp³-hybridized carbons (Fsp3) is 0.304. The summed E-state index contributed by atoms with van der Waals surface area (Å²) in [5.74, 6) is 0.752. The van der Waals surface area contributed by atoms with Crippen molar-refractivity contribution in [3.05, 3.63) is 59.9 Å². The molecule has 0 saturated heterocycles. The molecule has 0 aliphatic rings. The van der Waals surface area contributed by atoms with Gasteiger partial charge in [0.2, 0.25) is 5.91 Å². The molecule has 1 aromatic heterocycles. The van der Waals surface area contributed by atoms with Gasteiger partial charge < -0.3 is 24.5 Å². The summed E-state index contributed by atoms with van der Waals surface area (Å²) in [4.78, 5) is 23.5. The predicted octanol–water partition coefficient (Wildman–Crippen LogP) is 4.44. The van der Waals surface area contributed by atoms with Crippen LogP contribution in [-0.2, 0) is 4.79 Å². The summed E-state index contributed by atoms with van der Waals surface area (Å²) in [7, 11) is 1.60. The Kier molecular flexibility index (Phi) is 7.94. The van der Waals surface area contributed by atoms with Crippen molar-refractivity contribution in [2.45, 2.75) is 38.1 Å². The van der Waals surface area contributed by atoms with Crippen LogP contribution < -0.4 is 14.8 Å². The summed E-state index contributed by atoms with van der Waals surface area (Å²) in [5, 5.41) is 21.0. The molecule has 0 saturated carbocycles. The van der Waals surface area contributed by atoms with Gasteiger partial charge in [-0.15, -0.1) is 10.2 Å². The minimum atomic E-state index is -1.05. The maximum Gasteiger partial charge on any atom is 0.335 e. The zero-order valence-corrected chi connectivity index (χ0v) is 19.6. The van der Waals surface area contributed by atoms with Crippen molar-refractivity contribution in [3.63, 3.8) is 0 Å². The normalized spacial score (nSPS) is 11.8. The van der Waals surface area contributed by atoms with Gasteiger partial charge in [0.05, 0.1) is 18.4 Å². The van der Waals surface area contributed by atoms with Crippen molar-refractivity contribution in [1.82, 2.24) is 14.8 Å². The van der Waals surface area contributed by atoms with E-state index in [4.69, 9.17) is 14.6 Å². The molecule has 0 spiro atoms. The lowest BCUT2D eigenvalue weighted by Gasteiger charge is -2.19. The lowest BCUT2D eigenvalue weighted by molar-refractivity contribution is -0.113. The van der Waals surface area contributed by atoms with Crippen molar-refractivity contribution in [2.24, 2.45) is 0 Å². The molecule has 1 amide bonds. The number of ether oxygens (including phenoxy) is 2. The Balaban J connectivity index is 1.68. The third kappa shape index (κ3) is 6.26. The monoisotopic (exact) mass is 470 g/mol. The predicted molar refractivity (Wildman–Crippen MR) is 125 cm³/mol. The van der Waals surface area contributed by atoms with Gasteiger partial charge in [-0.25, -0.2) is 4.79 Å². The van der Waals surface area contributed by atoms with E-state index in [0.29, 0.717) is 28.2 Å². The van der Waals surface area contributed by atoms with Crippen molar-refractivity contribution in [1.29, 1.82) is 0 Å². The number of nitrogens with one attached hydrogen (secondary N) is 1. The van der Waals surface area contributed by atoms with Gasteiger partial charge in [-0.1, -0.05) is 23.9 Å². The topological polar surface area (TPSA) is 116 Å². The van der Waals surface area contributed by atoms with Gasteiger partial charge in [-0.2, -0.15) is 0 Å². The average molecular weight is 471 g/mol. The molecule has 3 rings (SSSR count). The number of carbonyl (C=O) groups is 2. The minimum Gasteiger partial charge on any atom is -0.497 e. The smallest absolute Gasteiger partial charge is 0.335 e. The molecule has 2 aromatic carbocycles. The maximum atomic E-state index is 12.4. The SMILES string of the molecule is COc1cccc(OC(C)c2nnc(SCC(=O)Nc3cccc(C(=O)O)c3)n2C(C)C)c1. The number of carboxylic acid groups (broad SMARTS) is 1. The average Bonchev–Trinajstić information content (AvgIpc) is 3.22. The van der Waals surface area contributed by atoms with Crippen LogP contribution in [0.2, 0.25) is 0 Å². The van der Waals surface area contributed by atoms with Gasteiger partial charge in [-0.05, 0) is 51.1 Å². The number of hydrogen-bond acceptors (Lipinski definition) is 7. The summed E-state index contributed by atoms with van der Waals surface area (Å²) < 4.78 is 13.2. The number of carbonyl (C=O) groups excluding carboxylic acids is 1.